The maximum atomic E-state index is 12.6. The minimum Gasteiger partial charge on any atom is -0.385 e. The van der Waals surface area contributed by atoms with Crippen molar-refractivity contribution in [1.82, 2.24) is 10.6 Å². The highest BCUT2D eigenvalue weighted by atomic mass is 19.4. The van der Waals surface area contributed by atoms with Crippen molar-refractivity contribution in [3.8, 4) is 0 Å². The number of aliphatic imine (C=N–C) groups is 1. The van der Waals surface area contributed by atoms with Crippen molar-refractivity contribution in [3.63, 3.8) is 0 Å². The van der Waals surface area contributed by atoms with Gasteiger partial charge in [-0.05, 0) is 49.3 Å². The lowest BCUT2D eigenvalue weighted by Crippen LogP contribution is -2.46. The molecule has 1 fully saturated rings. The fourth-order valence-corrected chi connectivity index (χ4v) is 3.09. The molecule has 1 aliphatic rings. The van der Waals surface area contributed by atoms with E-state index in [-0.39, 0.29) is 5.41 Å². The lowest BCUT2D eigenvalue weighted by Gasteiger charge is -2.42. The molecule has 0 heterocycles. The number of hydrogen-bond donors (Lipinski definition) is 2. The topological polar surface area (TPSA) is 45.7 Å². The summed E-state index contributed by atoms with van der Waals surface area (Å²) in [6.07, 6.45) is 0.320. The van der Waals surface area contributed by atoms with E-state index in [1.807, 2.05) is 6.92 Å². The first-order chi connectivity index (χ1) is 12.4. The van der Waals surface area contributed by atoms with Gasteiger partial charge in [0.05, 0.1) is 12.1 Å². The quantitative estimate of drug-likeness (QED) is 0.537. The van der Waals surface area contributed by atoms with Gasteiger partial charge in [-0.15, -0.1) is 0 Å². The first-order valence-corrected chi connectivity index (χ1v) is 9.06. The van der Waals surface area contributed by atoms with Crippen LogP contribution in [0.15, 0.2) is 29.3 Å². The Hall–Kier alpha value is -1.76. The largest absolute Gasteiger partial charge is 0.416 e. The molecule has 4 nitrogen and oxygen atoms in total. The Morgan fingerprint density at radius 3 is 2.38 bits per heavy atom. The van der Waals surface area contributed by atoms with E-state index in [0.717, 1.165) is 43.8 Å². The summed E-state index contributed by atoms with van der Waals surface area (Å²) < 4.78 is 43.1. The zero-order valence-electron chi connectivity index (χ0n) is 15.5. The number of alkyl halides is 3. The van der Waals surface area contributed by atoms with Crippen molar-refractivity contribution >= 4 is 5.96 Å². The number of benzene rings is 1. The Morgan fingerprint density at radius 2 is 1.88 bits per heavy atom. The summed E-state index contributed by atoms with van der Waals surface area (Å²) in [7, 11) is 1.72. The van der Waals surface area contributed by atoms with Gasteiger partial charge in [-0.3, -0.25) is 0 Å². The number of guanidine groups is 1. The van der Waals surface area contributed by atoms with Crippen molar-refractivity contribution in [2.45, 2.75) is 45.3 Å². The van der Waals surface area contributed by atoms with Crippen LogP contribution in [-0.2, 0) is 17.5 Å². The first-order valence-electron chi connectivity index (χ1n) is 9.06. The predicted molar refractivity (Wildman–Crippen MR) is 97.0 cm³/mol. The predicted octanol–water partition coefficient (Wildman–Crippen LogP) is 3.97. The molecule has 0 radical (unpaired) electrons. The highest BCUT2D eigenvalue weighted by Crippen LogP contribution is 2.43. The maximum Gasteiger partial charge on any atom is 0.416 e. The number of rotatable bonds is 8. The van der Waals surface area contributed by atoms with E-state index in [1.165, 1.54) is 31.4 Å². The van der Waals surface area contributed by atoms with E-state index < -0.39 is 11.7 Å². The smallest absolute Gasteiger partial charge is 0.385 e. The molecule has 1 aromatic rings. The molecule has 146 valence electrons. The fourth-order valence-electron chi connectivity index (χ4n) is 3.09. The summed E-state index contributed by atoms with van der Waals surface area (Å²) in [5.74, 6) is 0.691. The summed E-state index contributed by atoms with van der Waals surface area (Å²) in [5.41, 5.74) is 0.369. The molecule has 7 heteroatoms. The third-order valence-corrected chi connectivity index (χ3v) is 4.93. The standard InChI is InChI=1S/C19H28F3N3O/c1-3-23-17(25-14-18(9-4-10-18)11-12-26-2)24-13-15-5-7-16(8-6-15)19(20,21)22/h5-8H,3-4,9-14H2,1-2H3,(H2,23,24,25). The van der Waals surface area contributed by atoms with Crippen molar-refractivity contribution in [2.75, 3.05) is 26.8 Å². The van der Waals surface area contributed by atoms with Crippen molar-refractivity contribution in [3.05, 3.63) is 35.4 Å². The molecule has 0 aliphatic heterocycles. The van der Waals surface area contributed by atoms with Crippen LogP contribution in [0.25, 0.3) is 0 Å². The van der Waals surface area contributed by atoms with Gasteiger partial charge in [0.25, 0.3) is 0 Å². The second-order valence-corrected chi connectivity index (χ2v) is 6.84. The second kappa shape index (κ2) is 9.26. The van der Waals surface area contributed by atoms with Gasteiger partial charge in [0.15, 0.2) is 5.96 Å². The van der Waals surface area contributed by atoms with Gasteiger partial charge < -0.3 is 15.4 Å². The number of hydrogen-bond acceptors (Lipinski definition) is 2. The molecule has 0 saturated heterocycles. The molecule has 1 aliphatic carbocycles. The van der Waals surface area contributed by atoms with Gasteiger partial charge in [-0.1, -0.05) is 18.6 Å². The van der Waals surface area contributed by atoms with Crippen molar-refractivity contribution < 1.29 is 17.9 Å². The molecule has 2 rings (SSSR count). The molecule has 0 unspecified atom stereocenters. The van der Waals surface area contributed by atoms with E-state index in [1.54, 1.807) is 7.11 Å². The Balaban J connectivity index is 1.93. The molecule has 2 N–H and O–H groups in total. The van der Waals surface area contributed by atoms with Crippen LogP contribution in [0.3, 0.4) is 0 Å². The lowest BCUT2D eigenvalue weighted by atomic mass is 9.67. The number of methoxy groups -OCH3 is 1. The average Bonchev–Trinajstić information content (AvgIpc) is 2.58. The molecular formula is C19H28F3N3O. The van der Waals surface area contributed by atoms with Crippen LogP contribution in [0.4, 0.5) is 13.2 Å². The molecule has 0 amide bonds. The number of nitrogens with one attached hydrogen (secondary N) is 2. The molecular weight excluding hydrogens is 343 g/mol. The van der Waals surface area contributed by atoms with Gasteiger partial charge in [0, 0.05) is 26.8 Å². The molecule has 0 bridgehead atoms. The first kappa shape index (κ1) is 20.6. The van der Waals surface area contributed by atoms with Gasteiger partial charge in [0.1, 0.15) is 0 Å². The van der Waals surface area contributed by atoms with Gasteiger partial charge in [0.2, 0.25) is 0 Å². The Bertz CT molecular complexity index is 581. The van der Waals surface area contributed by atoms with Crippen LogP contribution in [0.2, 0.25) is 0 Å². The second-order valence-electron chi connectivity index (χ2n) is 6.84. The maximum absolute atomic E-state index is 12.6. The third kappa shape index (κ3) is 5.90. The van der Waals surface area contributed by atoms with Crippen LogP contribution < -0.4 is 10.6 Å². The van der Waals surface area contributed by atoms with E-state index in [4.69, 9.17) is 4.74 Å². The molecule has 0 atom stereocenters. The molecule has 0 spiro atoms. The Labute approximate surface area is 153 Å². The van der Waals surface area contributed by atoms with E-state index >= 15 is 0 Å². The molecule has 1 aromatic carbocycles. The zero-order chi connectivity index (χ0) is 19.0. The van der Waals surface area contributed by atoms with Crippen molar-refractivity contribution in [2.24, 2.45) is 10.4 Å². The molecule has 0 aromatic heterocycles. The Kier molecular flexibility index (Phi) is 7.32. The minimum atomic E-state index is -4.31. The van der Waals surface area contributed by atoms with E-state index in [2.05, 4.69) is 15.6 Å². The fraction of sp³-hybridized carbons (Fsp3) is 0.632. The average molecular weight is 371 g/mol. The summed E-state index contributed by atoms with van der Waals surface area (Å²) in [5, 5.41) is 6.57. The number of ether oxygens (including phenoxy) is 1. The number of halogens is 3. The highest BCUT2D eigenvalue weighted by molar-refractivity contribution is 5.79. The zero-order valence-corrected chi connectivity index (χ0v) is 15.5. The minimum absolute atomic E-state index is 0.264. The van der Waals surface area contributed by atoms with E-state index in [0.29, 0.717) is 12.5 Å². The van der Waals surface area contributed by atoms with Crippen molar-refractivity contribution in [1.29, 1.82) is 0 Å². The van der Waals surface area contributed by atoms with Crippen LogP contribution in [0, 0.1) is 5.41 Å². The summed E-state index contributed by atoms with van der Waals surface area (Å²) >= 11 is 0. The summed E-state index contributed by atoms with van der Waals surface area (Å²) in [6, 6.07) is 5.14. The number of nitrogens with zero attached hydrogens (tertiary/aromatic N) is 1. The highest BCUT2D eigenvalue weighted by Gasteiger charge is 2.36. The molecule has 26 heavy (non-hydrogen) atoms. The Morgan fingerprint density at radius 1 is 1.19 bits per heavy atom. The van der Waals surface area contributed by atoms with Crippen LogP contribution in [0.5, 0.6) is 0 Å². The SMILES string of the molecule is CCNC(=NCc1ccc(C(F)(F)F)cc1)NCC1(CCOC)CCC1. The normalized spacial score (nSPS) is 16.9. The van der Waals surface area contributed by atoms with Crippen LogP contribution in [0.1, 0.15) is 43.7 Å². The van der Waals surface area contributed by atoms with Crippen LogP contribution >= 0.6 is 0 Å². The van der Waals surface area contributed by atoms with Gasteiger partial charge in [-0.2, -0.15) is 13.2 Å². The summed E-state index contributed by atoms with van der Waals surface area (Å²) in [6.45, 7) is 4.62. The lowest BCUT2D eigenvalue weighted by molar-refractivity contribution is -0.137. The molecule has 1 saturated carbocycles. The van der Waals surface area contributed by atoms with Gasteiger partial charge in [-0.25, -0.2) is 4.99 Å². The van der Waals surface area contributed by atoms with Gasteiger partial charge >= 0.3 is 6.18 Å². The summed E-state index contributed by atoms with van der Waals surface area (Å²) in [4.78, 5) is 4.50. The van der Waals surface area contributed by atoms with Crippen LogP contribution in [-0.4, -0.2) is 32.8 Å². The van der Waals surface area contributed by atoms with E-state index in [9.17, 15) is 13.2 Å². The monoisotopic (exact) mass is 371 g/mol. The third-order valence-electron chi connectivity index (χ3n) is 4.93.